The van der Waals surface area contributed by atoms with E-state index in [0.717, 1.165) is 19.2 Å². The normalized spacial score (nSPS) is 25.9. The summed E-state index contributed by atoms with van der Waals surface area (Å²) >= 11 is 0. The van der Waals surface area contributed by atoms with Gasteiger partial charge in [-0.25, -0.2) is 0 Å². The van der Waals surface area contributed by atoms with Crippen molar-refractivity contribution in [3.8, 4) is 0 Å². The third-order valence-corrected chi connectivity index (χ3v) is 3.86. The molecule has 2 atom stereocenters. The minimum Gasteiger partial charge on any atom is -0.390 e. The van der Waals surface area contributed by atoms with Gasteiger partial charge in [-0.1, -0.05) is 18.2 Å². The van der Waals surface area contributed by atoms with Crippen molar-refractivity contribution in [3.05, 3.63) is 47.2 Å². The van der Waals surface area contributed by atoms with Gasteiger partial charge in [0.2, 0.25) is 0 Å². The summed E-state index contributed by atoms with van der Waals surface area (Å²) in [5, 5.41) is 6.47. The molecule has 3 rings (SSSR count). The topological polar surface area (TPSA) is 24.1 Å². The number of nitrogens with one attached hydrogen (secondary N) is 2. The van der Waals surface area contributed by atoms with Crippen molar-refractivity contribution in [1.82, 2.24) is 10.6 Å². The fourth-order valence-corrected chi connectivity index (χ4v) is 2.92. The van der Waals surface area contributed by atoms with Gasteiger partial charge in [-0.3, -0.25) is 0 Å². The molecule has 1 aromatic rings. The van der Waals surface area contributed by atoms with Crippen LogP contribution in [0.25, 0.3) is 0 Å². The van der Waals surface area contributed by atoms with Crippen molar-refractivity contribution in [2.45, 2.75) is 18.6 Å². The average molecular weight is 268 g/mol. The van der Waals surface area contributed by atoms with Crippen molar-refractivity contribution in [3.63, 3.8) is 0 Å². The van der Waals surface area contributed by atoms with Crippen molar-refractivity contribution >= 4 is 0 Å². The molecule has 2 aliphatic heterocycles. The van der Waals surface area contributed by atoms with E-state index in [2.05, 4.69) is 10.6 Å². The second kappa shape index (κ2) is 4.56. The van der Waals surface area contributed by atoms with E-state index in [0.29, 0.717) is 17.9 Å². The lowest BCUT2D eigenvalue weighted by molar-refractivity contribution is -0.138. The van der Waals surface area contributed by atoms with Crippen LogP contribution in [0.2, 0.25) is 0 Å². The molecule has 0 spiro atoms. The summed E-state index contributed by atoms with van der Waals surface area (Å²) in [6, 6.07) is 5.85. The first-order chi connectivity index (χ1) is 9.05. The zero-order valence-corrected chi connectivity index (χ0v) is 10.3. The summed E-state index contributed by atoms with van der Waals surface area (Å²) in [5.41, 5.74) is 1.05. The lowest BCUT2D eigenvalue weighted by Gasteiger charge is -2.17. The van der Waals surface area contributed by atoms with Gasteiger partial charge in [-0.2, -0.15) is 13.2 Å². The average Bonchev–Trinajstić information content (AvgIpc) is 2.93. The van der Waals surface area contributed by atoms with Crippen LogP contribution in [0.15, 0.2) is 36.0 Å². The maximum atomic E-state index is 12.9. The van der Waals surface area contributed by atoms with Gasteiger partial charge in [0.1, 0.15) is 0 Å². The van der Waals surface area contributed by atoms with E-state index in [-0.39, 0.29) is 6.04 Å². The highest BCUT2D eigenvalue weighted by atomic mass is 19.4. The molecule has 102 valence electrons. The summed E-state index contributed by atoms with van der Waals surface area (Å²) in [7, 11) is 0. The molecule has 0 aromatic heterocycles. The number of benzene rings is 1. The minimum atomic E-state index is -4.28. The zero-order valence-electron chi connectivity index (χ0n) is 10.3. The van der Waals surface area contributed by atoms with Crippen molar-refractivity contribution in [2.75, 3.05) is 13.1 Å². The SMILES string of the molecule is FC(F)(F)c1ccccc1CC1NCC2CNC=C21. The highest BCUT2D eigenvalue weighted by Gasteiger charge is 2.36. The molecule has 1 saturated heterocycles. The molecule has 2 unspecified atom stereocenters. The Hall–Kier alpha value is -1.49. The number of hydrogen-bond acceptors (Lipinski definition) is 2. The smallest absolute Gasteiger partial charge is 0.390 e. The first-order valence-corrected chi connectivity index (χ1v) is 6.37. The monoisotopic (exact) mass is 268 g/mol. The van der Waals surface area contributed by atoms with E-state index in [1.54, 1.807) is 12.1 Å². The van der Waals surface area contributed by atoms with Crippen molar-refractivity contribution in [1.29, 1.82) is 0 Å². The molecule has 0 amide bonds. The molecule has 2 nitrogen and oxygen atoms in total. The van der Waals surface area contributed by atoms with E-state index in [1.807, 2.05) is 6.20 Å². The molecule has 1 fully saturated rings. The Labute approximate surface area is 109 Å². The van der Waals surface area contributed by atoms with E-state index in [4.69, 9.17) is 0 Å². The lowest BCUT2D eigenvalue weighted by atomic mass is 9.94. The summed E-state index contributed by atoms with van der Waals surface area (Å²) < 4.78 is 38.8. The van der Waals surface area contributed by atoms with Crippen LogP contribution in [0.1, 0.15) is 11.1 Å². The molecule has 0 bridgehead atoms. The van der Waals surface area contributed by atoms with Crippen molar-refractivity contribution < 1.29 is 13.2 Å². The first-order valence-electron chi connectivity index (χ1n) is 6.37. The Morgan fingerprint density at radius 1 is 1.16 bits per heavy atom. The van der Waals surface area contributed by atoms with E-state index >= 15 is 0 Å². The molecule has 2 N–H and O–H groups in total. The molecular formula is C14H15F3N2. The maximum absolute atomic E-state index is 12.9. The fourth-order valence-electron chi connectivity index (χ4n) is 2.92. The number of rotatable bonds is 2. The Kier molecular flexibility index (Phi) is 3.01. The molecule has 0 aliphatic carbocycles. The Balaban J connectivity index is 1.84. The van der Waals surface area contributed by atoms with E-state index in [9.17, 15) is 13.2 Å². The van der Waals surface area contributed by atoms with E-state index in [1.165, 1.54) is 11.6 Å². The highest BCUT2D eigenvalue weighted by molar-refractivity contribution is 5.34. The van der Waals surface area contributed by atoms with Crippen LogP contribution in [-0.2, 0) is 12.6 Å². The maximum Gasteiger partial charge on any atom is 0.416 e. The summed E-state index contributed by atoms with van der Waals surface area (Å²) in [5.74, 6) is 0.433. The number of alkyl halides is 3. The molecule has 2 aliphatic rings. The number of halogens is 3. The predicted octanol–water partition coefficient (Wildman–Crippen LogP) is 2.32. The van der Waals surface area contributed by atoms with Crippen LogP contribution in [0.5, 0.6) is 0 Å². The van der Waals surface area contributed by atoms with Crippen LogP contribution in [0, 0.1) is 5.92 Å². The van der Waals surface area contributed by atoms with Gasteiger partial charge in [-0.15, -0.1) is 0 Å². The molecule has 0 radical (unpaired) electrons. The van der Waals surface area contributed by atoms with Gasteiger partial charge in [0.15, 0.2) is 0 Å². The zero-order chi connectivity index (χ0) is 13.5. The van der Waals surface area contributed by atoms with Crippen LogP contribution in [0.3, 0.4) is 0 Å². The second-order valence-electron chi connectivity index (χ2n) is 5.07. The highest BCUT2D eigenvalue weighted by Crippen LogP contribution is 2.34. The van der Waals surface area contributed by atoms with Crippen LogP contribution >= 0.6 is 0 Å². The standard InChI is InChI=1S/C14H15F3N2/c15-14(16,17)12-4-2-1-3-9(12)5-13-11-8-18-6-10(11)7-19-13/h1-4,8,10,13,18-19H,5-7H2. The molecular weight excluding hydrogens is 253 g/mol. The largest absolute Gasteiger partial charge is 0.416 e. The van der Waals surface area contributed by atoms with Crippen LogP contribution in [-0.4, -0.2) is 19.1 Å². The molecule has 19 heavy (non-hydrogen) atoms. The third kappa shape index (κ3) is 2.34. The van der Waals surface area contributed by atoms with E-state index < -0.39 is 11.7 Å². The molecule has 5 heteroatoms. The lowest BCUT2D eigenvalue weighted by Crippen LogP contribution is -2.27. The van der Waals surface area contributed by atoms with Crippen LogP contribution < -0.4 is 10.6 Å². The Morgan fingerprint density at radius 3 is 2.74 bits per heavy atom. The Morgan fingerprint density at radius 2 is 1.95 bits per heavy atom. The summed E-state index contributed by atoms with van der Waals surface area (Å²) in [6.07, 6.45) is -1.94. The van der Waals surface area contributed by atoms with Gasteiger partial charge in [0.05, 0.1) is 5.56 Å². The van der Waals surface area contributed by atoms with Gasteiger partial charge >= 0.3 is 6.18 Å². The predicted molar refractivity (Wildman–Crippen MR) is 66.5 cm³/mol. The summed E-state index contributed by atoms with van der Waals surface area (Å²) in [6.45, 7) is 1.73. The molecule has 1 aromatic carbocycles. The van der Waals surface area contributed by atoms with Crippen LogP contribution in [0.4, 0.5) is 13.2 Å². The Bertz CT molecular complexity index is 508. The number of fused-ring (bicyclic) bond motifs is 1. The summed E-state index contributed by atoms with van der Waals surface area (Å²) in [4.78, 5) is 0. The quantitative estimate of drug-likeness (QED) is 0.860. The van der Waals surface area contributed by atoms with Gasteiger partial charge < -0.3 is 10.6 Å². The second-order valence-corrected chi connectivity index (χ2v) is 5.07. The first kappa shape index (κ1) is 12.5. The van der Waals surface area contributed by atoms with Gasteiger partial charge in [0.25, 0.3) is 0 Å². The molecule has 2 heterocycles. The van der Waals surface area contributed by atoms with Crippen molar-refractivity contribution in [2.24, 2.45) is 5.92 Å². The third-order valence-electron chi connectivity index (χ3n) is 3.86. The number of hydrogen-bond donors (Lipinski definition) is 2. The van der Waals surface area contributed by atoms with Gasteiger partial charge in [-0.05, 0) is 29.8 Å². The fraction of sp³-hybridized carbons (Fsp3) is 0.429. The minimum absolute atomic E-state index is 0.0171. The molecule has 0 saturated carbocycles. The van der Waals surface area contributed by atoms with Gasteiger partial charge in [0, 0.05) is 25.0 Å².